The van der Waals surface area contributed by atoms with Gasteiger partial charge < -0.3 is 10.1 Å². The van der Waals surface area contributed by atoms with Gasteiger partial charge in [0.15, 0.2) is 0 Å². The van der Waals surface area contributed by atoms with Crippen LogP contribution in [-0.4, -0.2) is 29.0 Å². The fourth-order valence-corrected chi connectivity index (χ4v) is 3.58. The van der Waals surface area contributed by atoms with E-state index in [0.29, 0.717) is 5.41 Å². The molecule has 1 saturated carbocycles. The van der Waals surface area contributed by atoms with Gasteiger partial charge in [0.05, 0.1) is 17.3 Å². The van der Waals surface area contributed by atoms with Gasteiger partial charge in [-0.1, -0.05) is 20.8 Å². The first-order valence-corrected chi connectivity index (χ1v) is 8.28. The monoisotopic (exact) mass is 293 g/mol. The second-order valence-corrected chi connectivity index (χ2v) is 7.00. The molecule has 1 fully saturated rings. The van der Waals surface area contributed by atoms with Gasteiger partial charge in [-0.25, -0.2) is 0 Å². The number of nitrogens with one attached hydrogen (secondary N) is 1. The zero-order valence-electron chi connectivity index (χ0n) is 14.3. The van der Waals surface area contributed by atoms with Gasteiger partial charge in [-0.15, -0.1) is 0 Å². The second kappa shape index (κ2) is 6.49. The maximum Gasteiger partial charge on any atom is 0.0888 e. The van der Waals surface area contributed by atoms with Crippen LogP contribution in [-0.2, 0) is 11.3 Å². The van der Waals surface area contributed by atoms with Crippen LogP contribution in [0.3, 0.4) is 0 Å². The highest BCUT2D eigenvalue weighted by Gasteiger charge is 2.45. The summed E-state index contributed by atoms with van der Waals surface area (Å²) in [6.07, 6.45) is 6.53. The largest absolute Gasteiger partial charge is 0.376 e. The van der Waals surface area contributed by atoms with E-state index in [0.717, 1.165) is 25.9 Å². The molecule has 1 atom stereocenters. The summed E-state index contributed by atoms with van der Waals surface area (Å²) in [6.45, 7) is 10.9. The van der Waals surface area contributed by atoms with Crippen molar-refractivity contribution >= 4 is 0 Å². The molecule has 0 aliphatic heterocycles. The summed E-state index contributed by atoms with van der Waals surface area (Å²) >= 11 is 0. The lowest BCUT2D eigenvalue weighted by molar-refractivity contribution is -0.0890. The molecule has 1 aliphatic carbocycles. The molecule has 2 rings (SSSR count). The lowest BCUT2D eigenvalue weighted by Gasteiger charge is -2.47. The van der Waals surface area contributed by atoms with Gasteiger partial charge in [0.2, 0.25) is 0 Å². The highest BCUT2D eigenvalue weighted by Crippen LogP contribution is 2.47. The SMILES string of the molecule is CCNC(c1ccnn1CC)C1(OC)CCC(C)(C)CC1. The molecule has 1 aliphatic rings. The molecule has 4 nitrogen and oxygen atoms in total. The van der Waals surface area contributed by atoms with E-state index in [-0.39, 0.29) is 11.6 Å². The molecule has 120 valence electrons. The molecule has 0 amide bonds. The average Bonchev–Trinajstić information content (AvgIpc) is 2.94. The lowest BCUT2D eigenvalue weighted by atomic mass is 9.68. The summed E-state index contributed by atoms with van der Waals surface area (Å²) in [5.74, 6) is 0. The van der Waals surface area contributed by atoms with Gasteiger partial charge in [0.25, 0.3) is 0 Å². The minimum atomic E-state index is -0.113. The summed E-state index contributed by atoms with van der Waals surface area (Å²) in [6, 6.07) is 2.35. The number of methoxy groups -OCH3 is 1. The third-order valence-corrected chi connectivity index (χ3v) is 5.14. The second-order valence-electron chi connectivity index (χ2n) is 7.00. The molecule has 0 aromatic carbocycles. The lowest BCUT2D eigenvalue weighted by Crippen LogP contribution is -2.49. The first-order valence-electron chi connectivity index (χ1n) is 8.28. The fraction of sp³-hybridized carbons (Fsp3) is 0.824. The van der Waals surface area contributed by atoms with Gasteiger partial charge in [-0.2, -0.15) is 5.10 Å². The van der Waals surface area contributed by atoms with E-state index in [2.05, 4.69) is 48.9 Å². The predicted molar refractivity (Wildman–Crippen MR) is 86.3 cm³/mol. The predicted octanol–water partition coefficient (Wildman–Crippen LogP) is 3.54. The first-order chi connectivity index (χ1) is 9.98. The Labute approximate surface area is 129 Å². The zero-order valence-corrected chi connectivity index (χ0v) is 14.3. The van der Waals surface area contributed by atoms with Crippen molar-refractivity contribution < 1.29 is 4.74 Å². The smallest absolute Gasteiger partial charge is 0.0888 e. The zero-order chi connectivity index (χ0) is 15.5. The molecule has 1 N–H and O–H groups in total. The van der Waals surface area contributed by atoms with Crippen molar-refractivity contribution in [3.05, 3.63) is 18.0 Å². The molecule has 4 heteroatoms. The first kappa shape index (κ1) is 16.5. The maximum absolute atomic E-state index is 6.11. The number of hydrogen-bond donors (Lipinski definition) is 1. The molecule has 1 heterocycles. The van der Waals surface area contributed by atoms with Gasteiger partial charge in [-0.3, -0.25) is 4.68 Å². The van der Waals surface area contributed by atoms with Crippen molar-refractivity contribution in [3.8, 4) is 0 Å². The Hall–Kier alpha value is -0.870. The maximum atomic E-state index is 6.11. The van der Waals surface area contributed by atoms with Crippen molar-refractivity contribution in [2.75, 3.05) is 13.7 Å². The van der Waals surface area contributed by atoms with Crippen LogP contribution in [0.4, 0.5) is 0 Å². The van der Waals surface area contributed by atoms with Crippen molar-refractivity contribution in [1.29, 1.82) is 0 Å². The Bertz CT molecular complexity index is 443. The van der Waals surface area contributed by atoms with E-state index in [9.17, 15) is 0 Å². The van der Waals surface area contributed by atoms with Crippen molar-refractivity contribution in [3.63, 3.8) is 0 Å². The minimum Gasteiger partial charge on any atom is -0.376 e. The molecule has 1 unspecified atom stereocenters. The van der Waals surface area contributed by atoms with Crippen molar-refractivity contribution in [1.82, 2.24) is 15.1 Å². The number of ether oxygens (including phenoxy) is 1. The van der Waals surface area contributed by atoms with Gasteiger partial charge >= 0.3 is 0 Å². The molecule has 0 bridgehead atoms. The molecule has 0 spiro atoms. The number of likely N-dealkylation sites (N-methyl/N-ethyl adjacent to an activating group) is 1. The topological polar surface area (TPSA) is 39.1 Å². The number of rotatable bonds is 6. The summed E-state index contributed by atoms with van der Waals surface area (Å²) < 4.78 is 8.20. The highest BCUT2D eigenvalue weighted by molar-refractivity contribution is 5.15. The quantitative estimate of drug-likeness (QED) is 0.872. The highest BCUT2D eigenvalue weighted by atomic mass is 16.5. The van der Waals surface area contributed by atoms with Crippen LogP contribution in [0.5, 0.6) is 0 Å². The van der Waals surface area contributed by atoms with Crippen molar-refractivity contribution in [2.24, 2.45) is 5.41 Å². The van der Waals surface area contributed by atoms with Crippen molar-refractivity contribution in [2.45, 2.75) is 71.6 Å². The molecule has 0 saturated heterocycles. The standard InChI is InChI=1S/C17H31N3O/c1-6-18-15(14-8-13-19-20(14)7-2)17(21-5)11-9-16(3,4)10-12-17/h8,13,15,18H,6-7,9-12H2,1-5H3. The van der Waals surface area contributed by atoms with Gasteiger partial charge in [0, 0.05) is 19.9 Å². The summed E-state index contributed by atoms with van der Waals surface area (Å²) in [7, 11) is 1.87. The van der Waals surface area contributed by atoms with Crippen LogP contribution in [0.15, 0.2) is 12.3 Å². The third kappa shape index (κ3) is 3.32. The number of aryl methyl sites for hydroxylation is 1. The van der Waals surface area contributed by atoms with Crippen LogP contribution in [0.1, 0.15) is 65.1 Å². The number of aromatic nitrogens is 2. The van der Waals surface area contributed by atoms with E-state index >= 15 is 0 Å². The van der Waals surface area contributed by atoms with Crippen LogP contribution in [0, 0.1) is 5.41 Å². The number of nitrogens with zero attached hydrogens (tertiary/aromatic N) is 2. The van der Waals surface area contributed by atoms with Gasteiger partial charge in [-0.05, 0) is 50.6 Å². The minimum absolute atomic E-state index is 0.113. The van der Waals surface area contributed by atoms with Crippen LogP contribution < -0.4 is 5.32 Å². The molecule has 0 radical (unpaired) electrons. The summed E-state index contributed by atoms with van der Waals surface area (Å²) in [5, 5.41) is 8.11. The summed E-state index contributed by atoms with van der Waals surface area (Å²) in [4.78, 5) is 0. The van der Waals surface area contributed by atoms with Gasteiger partial charge in [0.1, 0.15) is 0 Å². The van der Waals surface area contributed by atoms with Crippen LogP contribution in [0.2, 0.25) is 0 Å². The fourth-order valence-electron chi connectivity index (χ4n) is 3.58. The van der Waals surface area contributed by atoms with E-state index < -0.39 is 0 Å². The van der Waals surface area contributed by atoms with E-state index in [1.165, 1.54) is 18.5 Å². The molecular weight excluding hydrogens is 262 g/mol. The Balaban J connectivity index is 2.31. The van der Waals surface area contributed by atoms with E-state index in [1.807, 2.05) is 13.3 Å². The molecular formula is C17H31N3O. The van der Waals surface area contributed by atoms with Crippen LogP contribution in [0.25, 0.3) is 0 Å². The number of hydrogen-bond acceptors (Lipinski definition) is 3. The molecule has 1 aromatic heterocycles. The third-order valence-electron chi connectivity index (χ3n) is 5.14. The van der Waals surface area contributed by atoms with Crippen LogP contribution >= 0.6 is 0 Å². The normalized spacial score (nSPS) is 22.1. The summed E-state index contributed by atoms with van der Waals surface area (Å²) in [5.41, 5.74) is 1.57. The Morgan fingerprint density at radius 3 is 2.48 bits per heavy atom. The van der Waals surface area contributed by atoms with E-state index in [1.54, 1.807) is 0 Å². The average molecular weight is 293 g/mol. The Morgan fingerprint density at radius 2 is 1.95 bits per heavy atom. The van der Waals surface area contributed by atoms with E-state index in [4.69, 9.17) is 4.74 Å². The molecule has 1 aromatic rings. The Kier molecular flexibility index (Phi) is 5.10. The molecule has 21 heavy (non-hydrogen) atoms. The Morgan fingerprint density at radius 1 is 1.29 bits per heavy atom.